The van der Waals surface area contributed by atoms with Gasteiger partial charge >= 0.3 is 6.09 Å². The number of anilines is 2. The molecule has 0 spiro atoms. The van der Waals surface area contributed by atoms with Gasteiger partial charge < -0.3 is 29.0 Å². The molecule has 0 aliphatic heterocycles. The minimum Gasteiger partial charge on any atom is -0.490 e. The second kappa shape index (κ2) is 20.5. The van der Waals surface area contributed by atoms with Crippen LogP contribution in [0.3, 0.4) is 0 Å². The normalized spacial score (nSPS) is 9.80. The van der Waals surface area contributed by atoms with Crippen LogP contribution >= 0.6 is 23.4 Å². The van der Waals surface area contributed by atoms with Gasteiger partial charge in [0.2, 0.25) is 0 Å². The van der Waals surface area contributed by atoms with E-state index in [4.69, 9.17) is 35.3 Å². The number of alkyl halides is 1. The van der Waals surface area contributed by atoms with Crippen molar-refractivity contribution in [2.45, 2.75) is 46.8 Å². The van der Waals surface area contributed by atoms with Gasteiger partial charge in [0.15, 0.2) is 29.6 Å². The molecule has 0 fully saturated rings. The molecular weight excluding hydrogens is 556 g/mol. The van der Waals surface area contributed by atoms with E-state index in [2.05, 4.69) is 22.5 Å². The van der Waals surface area contributed by atoms with Crippen molar-refractivity contribution in [1.82, 2.24) is 0 Å². The van der Waals surface area contributed by atoms with E-state index in [9.17, 15) is 9.59 Å². The molecule has 0 aliphatic carbocycles. The van der Waals surface area contributed by atoms with Gasteiger partial charge in [0.25, 0.3) is 5.24 Å². The van der Waals surface area contributed by atoms with Gasteiger partial charge in [-0.05, 0) is 52.0 Å². The second-order valence-corrected chi connectivity index (χ2v) is 9.64. The van der Waals surface area contributed by atoms with Crippen LogP contribution in [0.2, 0.25) is 0 Å². The summed E-state index contributed by atoms with van der Waals surface area (Å²) in [6.45, 7) is 13.7. The molecule has 2 N–H and O–H groups in total. The van der Waals surface area contributed by atoms with Crippen molar-refractivity contribution in [2.24, 2.45) is 0 Å². The van der Waals surface area contributed by atoms with Gasteiger partial charge in [0.1, 0.15) is 0 Å². The van der Waals surface area contributed by atoms with Crippen molar-refractivity contribution in [2.75, 3.05) is 49.5 Å². The molecule has 0 saturated heterocycles. The molecule has 0 atom stereocenters. The lowest BCUT2D eigenvalue weighted by atomic mass is 10.2. The summed E-state index contributed by atoms with van der Waals surface area (Å²) in [6.07, 6.45) is -0.592. The Morgan fingerprint density at radius 3 is 1.70 bits per heavy atom. The summed E-state index contributed by atoms with van der Waals surface area (Å²) >= 11 is 6.64. The molecule has 2 amide bonds. The van der Waals surface area contributed by atoms with Gasteiger partial charge in [-0.1, -0.05) is 37.5 Å². The lowest BCUT2D eigenvalue weighted by molar-refractivity contribution is 0.176. The highest BCUT2D eigenvalue weighted by Crippen LogP contribution is 2.32. The predicted octanol–water partition coefficient (Wildman–Crippen LogP) is 7.43. The van der Waals surface area contributed by atoms with Crippen molar-refractivity contribution in [3.63, 3.8) is 0 Å². The lowest BCUT2D eigenvalue weighted by Crippen LogP contribution is -2.14. The minimum absolute atomic E-state index is 0.00605. The molecule has 0 saturated carbocycles. The summed E-state index contributed by atoms with van der Waals surface area (Å²) in [6, 6.07) is 10.5. The van der Waals surface area contributed by atoms with E-state index in [1.807, 2.05) is 53.7 Å². The summed E-state index contributed by atoms with van der Waals surface area (Å²) in [7, 11) is 0. The van der Waals surface area contributed by atoms with Crippen molar-refractivity contribution >= 4 is 46.1 Å². The maximum absolute atomic E-state index is 11.7. The Kier molecular flexibility index (Phi) is 17.7. The Balaban J connectivity index is 0.000000402. The smallest absolute Gasteiger partial charge is 0.412 e. The molecule has 0 radical (unpaired) electrons. The van der Waals surface area contributed by atoms with E-state index in [0.29, 0.717) is 60.8 Å². The number of carbonyl (C=O) groups excluding carboxylic acids is 2. The Morgan fingerprint density at radius 1 is 0.775 bits per heavy atom. The highest BCUT2D eigenvalue weighted by Gasteiger charge is 2.10. The van der Waals surface area contributed by atoms with E-state index in [0.717, 1.165) is 0 Å². The fraction of sp³-hybridized carbons (Fsp3) is 0.448. The number of nitrogens with one attached hydrogen (secondary N) is 2. The lowest BCUT2D eigenvalue weighted by Gasteiger charge is -2.13. The van der Waals surface area contributed by atoms with Gasteiger partial charge in [0, 0.05) is 28.8 Å². The Labute approximate surface area is 246 Å². The first-order valence-corrected chi connectivity index (χ1v) is 14.4. The van der Waals surface area contributed by atoms with Crippen LogP contribution < -0.4 is 29.6 Å². The Hall–Kier alpha value is -3.42. The molecule has 11 heteroatoms. The molecule has 40 heavy (non-hydrogen) atoms. The van der Waals surface area contributed by atoms with Crippen molar-refractivity contribution in [3.05, 3.63) is 36.4 Å². The standard InChI is InChI=1S/C15H18ClNO4.C14H21NO3S/c1-3-19-13-8-7-12(11-14(13)20-4-2)17-15(18)21-10-6-5-9-16;1-5-17-12-8-7-11(9-13(12)18-6-2)15-14(16)19-10(3)4/h7-8,11H,3-4,9-10H2,1-2H3,(H,17,18);7-10H,5-6H2,1-4H3,(H,15,16). The van der Waals surface area contributed by atoms with Crippen LogP contribution in [0.25, 0.3) is 0 Å². The molecule has 2 aromatic rings. The number of amides is 2. The van der Waals surface area contributed by atoms with Gasteiger partial charge in [-0.3, -0.25) is 10.1 Å². The van der Waals surface area contributed by atoms with Gasteiger partial charge in [-0.2, -0.15) is 0 Å². The van der Waals surface area contributed by atoms with E-state index in [1.54, 1.807) is 24.3 Å². The zero-order valence-electron chi connectivity index (χ0n) is 23.9. The van der Waals surface area contributed by atoms with Crippen LogP contribution in [0.15, 0.2) is 36.4 Å². The van der Waals surface area contributed by atoms with E-state index in [1.165, 1.54) is 11.8 Å². The maximum Gasteiger partial charge on any atom is 0.412 e. The number of rotatable bonds is 12. The Morgan fingerprint density at radius 2 is 1.25 bits per heavy atom. The average molecular weight is 595 g/mol. The SMILES string of the molecule is CCOc1ccc(NC(=O)OCC#CCCl)cc1OCC.CCOc1ccc(NC(=O)SC(C)C)cc1OCC. The third-order valence-corrected chi connectivity index (χ3v) is 5.31. The first kappa shape index (κ1) is 34.6. The first-order chi connectivity index (χ1) is 19.3. The van der Waals surface area contributed by atoms with E-state index >= 15 is 0 Å². The monoisotopic (exact) mass is 594 g/mol. The fourth-order valence-corrected chi connectivity index (χ4v) is 3.67. The van der Waals surface area contributed by atoms with Gasteiger partial charge in [-0.25, -0.2) is 4.79 Å². The number of thioether (sulfide) groups is 1. The van der Waals surface area contributed by atoms with Gasteiger partial charge in [-0.15, -0.1) is 11.6 Å². The van der Waals surface area contributed by atoms with Crippen molar-refractivity contribution in [1.29, 1.82) is 0 Å². The molecule has 0 aliphatic rings. The van der Waals surface area contributed by atoms with E-state index < -0.39 is 6.09 Å². The summed E-state index contributed by atoms with van der Waals surface area (Å²) in [4.78, 5) is 23.2. The summed E-state index contributed by atoms with van der Waals surface area (Å²) in [5, 5.41) is 5.61. The van der Waals surface area contributed by atoms with Crippen LogP contribution in [-0.4, -0.2) is 55.5 Å². The van der Waals surface area contributed by atoms with Crippen LogP contribution in [0, 0.1) is 11.8 Å². The van der Waals surface area contributed by atoms with Gasteiger partial charge in [0.05, 0.1) is 32.3 Å². The number of halogens is 1. The van der Waals surface area contributed by atoms with Crippen molar-refractivity contribution in [3.8, 4) is 34.8 Å². The van der Waals surface area contributed by atoms with Crippen LogP contribution in [0.1, 0.15) is 41.5 Å². The van der Waals surface area contributed by atoms with Crippen LogP contribution in [0.4, 0.5) is 21.0 Å². The van der Waals surface area contributed by atoms with Crippen LogP contribution in [-0.2, 0) is 4.74 Å². The number of benzene rings is 2. The van der Waals surface area contributed by atoms with Crippen LogP contribution in [0.5, 0.6) is 23.0 Å². The molecule has 9 nitrogen and oxygen atoms in total. The summed E-state index contributed by atoms with van der Waals surface area (Å²) in [5.41, 5.74) is 1.27. The first-order valence-electron chi connectivity index (χ1n) is 13.0. The number of ether oxygens (including phenoxy) is 5. The number of hydrogen-bond acceptors (Lipinski definition) is 8. The molecule has 0 unspecified atom stereocenters. The molecular formula is C29H39ClN2O7S. The molecule has 0 heterocycles. The maximum atomic E-state index is 11.7. The number of carbonyl (C=O) groups is 2. The molecule has 220 valence electrons. The average Bonchev–Trinajstić information content (AvgIpc) is 2.90. The van der Waals surface area contributed by atoms with E-state index in [-0.39, 0.29) is 23.0 Å². The zero-order chi connectivity index (χ0) is 29.8. The Bertz CT molecular complexity index is 1120. The predicted molar refractivity (Wildman–Crippen MR) is 163 cm³/mol. The molecule has 2 rings (SSSR count). The highest BCUT2D eigenvalue weighted by atomic mass is 35.5. The molecule has 0 aromatic heterocycles. The summed E-state index contributed by atoms with van der Waals surface area (Å²) in [5.74, 6) is 7.94. The second-order valence-electron chi connectivity index (χ2n) is 7.82. The zero-order valence-corrected chi connectivity index (χ0v) is 25.5. The fourth-order valence-electron chi connectivity index (χ4n) is 2.97. The third kappa shape index (κ3) is 14.1. The molecule has 2 aromatic carbocycles. The largest absolute Gasteiger partial charge is 0.490 e. The van der Waals surface area contributed by atoms with Crippen molar-refractivity contribution < 1.29 is 33.3 Å². The third-order valence-electron chi connectivity index (χ3n) is 4.39. The topological polar surface area (TPSA) is 104 Å². The molecule has 0 bridgehead atoms. The number of hydrogen-bond donors (Lipinski definition) is 2. The highest BCUT2D eigenvalue weighted by molar-refractivity contribution is 8.14. The quantitative estimate of drug-likeness (QED) is 0.193. The minimum atomic E-state index is -0.592. The summed E-state index contributed by atoms with van der Waals surface area (Å²) < 4.78 is 26.8.